The van der Waals surface area contributed by atoms with Crippen molar-refractivity contribution in [2.45, 2.75) is 64.3 Å². The zero-order valence-corrected chi connectivity index (χ0v) is 10.5. The minimum atomic E-state index is 0.854. The first-order valence-electron chi connectivity index (χ1n) is 7.02. The standard InChI is InChI=1S/C14H27N/c1-3-4-11-5-7-12(8-6-11)14(15-2)13-9-10-13/h11-15H,3-10H2,1-2H3. The lowest BCUT2D eigenvalue weighted by Gasteiger charge is -2.34. The molecule has 0 aromatic heterocycles. The predicted octanol–water partition coefficient (Wildman–Crippen LogP) is 3.59. The maximum Gasteiger partial charge on any atom is 0.0121 e. The average Bonchev–Trinajstić information content (AvgIpc) is 3.06. The van der Waals surface area contributed by atoms with E-state index in [4.69, 9.17) is 0 Å². The largest absolute Gasteiger partial charge is 0.316 e. The smallest absolute Gasteiger partial charge is 0.0121 e. The summed E-state index contributed by atoms with van der Waals surface area (Å²) in [6.07, 6.45) is 11.8. The first-order valence-corrected chi connectivity index (χ1v) is 7.02. The van der Waals surface area contributed by atoms with Gasteiger partial charge in [-0.25, -0.2) is 0 Å². The molecule has 2 aliphatic carbocycles. The molecule has 0 saturated heterocycles. The van der Waals surface area contributed by atoms with E-state index in [-0.39, 0.29) is 0 Å². The second-order valence-electron chi connectivity index (χ2n) is 5.72. The molecule has 15 heavy (non-hydrogen) atoms. The highest BCUT2D eigenvalue weighted by Crippen LogP contribution is 2.41. The number of hydrogen-bond acceptors (Lipinski definition) is 1. The summed E-state index contributed by atoms with van der Waals surface area (Å²) in [4.78, 5) is 0. The second-order valence-corrected chi connectivity index (χ2v) is 5.72. The normalized spacial score (nSPS) is 34.0. The van der Waals surface area contributed by atoms with Crippen LogP contribution in [0.15, 0.2) is 0 Å². The molecule has 0 spiro atoms. The lowest BCUT2D eigenvalue weighted by molar-refractivity contribution is 0.206. The molecule has 0 heterocycles. The van der Waals surface area contributed by atoms with Gasteiger partial charge in [0.05, 0.1) is 0 Å². The lowest BCUT2D eigenvalue weighted by atomic mass is 9.76. The van der Waals surface area contributed by atoms with E-state index in [1.165, 1.54) is 51.4 Å². The van der Waals surface area contributed by atoms with Crippen molar-refractivity contribution in [1.82, 2.24) is 5.32 Å². The molecular weight excluding hydrogens is 182 g/mol. The van der Waals surface area contributed by atoms with Gasteiger partial charge in [-0.3, -0.25) is 0 Å². The summed E-state index contributed by atoms with van der Waals surface area (Å²) in [5.74, 6) is 3.08. The van der Waals surface area contributed by atoms with Crippen LogP contribution in [0.1, 0.15) is 58.3 Å². The van der Waals surface area contributed by atoms with Crippen molar-refractivity contribution < 1.29 is 0 Å². The van der Waals surface area contributed by atoms with Crippen LogP contribution in [-0.2, 0) is 0 Å². The van der Waals surface area contributed by atoms with Crippen LogP contribution in [0.5, 0.6) is 0 Å². The van der Waals surface area contributed by atoms with Crippen molar-refractivity contribution in [1.29, 1.82) is 0 Å². The van der Waals surface area contributed by atoms with E-state index in [0.29, 0.717) is 0 Å². The Hall–Kier alpha value is -0.0400. The summed E-state index contributed by atoms with van der Waals surface area (Å²) in [5, 5.41) is 3.58. The molecule has 1 unspecified atom stereocenters. The lowest BCUT2D eigenvalue weighted by Crippen LogP contribution is -2.37. The van der Waals surface area contributed by atoms with Crippen LogP contribution >= 0.6 is 0 Å². The minimum Gasteiger partial charge on any atom is -0.316 e. The molecule has 0 bridgehead atoms. The van der Waals surface area contributed by atoms with Gasteiger partial charge in [-0.1, -0.05) is 32.6 Å². The first kappa shape index (κ1) is 11.4. The van der Waals surface area contributed by atoms with E-state index < -0.39 is 0 Å². The Morgan fingerprint density at radius 3 is 1.93 bits per heavy atom. The average molecular weight is 209 g/mol. The molecule has 88 valence electrons. The summed E-state index contributed by atoms with van der Waals surface area (Å²) in [7, 11) is 2.17. The van der Waals surface area contributed by atoms with Gasteiger partial charge < -0.3 is 5.32 Å². The van der Waals surface area contributed by atoms with Gasteiger partial charge in [-0.15, -0.1) is 0 Å². The second kappa shape index (κ2) is 5.34. The fourth-order valence-electron chi connectivity index (χ4n) is 3.56. The Bertz CT molecular complexity index is 178. The van der Waals surface area contributed by atoms with Gasteiger partial charge in [-0.2, -0.15) is 0 Å². The molecule has 0 amide bonds. The van der Waals surface area contributed by atoms with Gasteiger partial charge in [0.25, 0.3) is 0 Å². The maximum atomic E-state index is 3.58. The predicted molar refractivity (Wildman–Crippen MR) is 65.9 cm³/mol. The van der Waals surface area contributed by atoms with E-state index in [0.717, 1.165) is 23.8 Å². The minimum absolute atomic E-state index is 0.854. The molecule has 1 heteroatoms. The monoisotopic (exact) mass is 209 g/mol. The summed E-state index contributed by atoms with van der Waals surface area (Å²) < 4.78 is 0. The molecule has 0 aromatic carbocycles. The van der Waals surface area contributed by atoms with Crippen LogP contribution in [-0.4, -0.2) is 13.1 Å². The van der Waals surface area contributed by atoms with Crippen LogP contribution in [0.2, 0.25) is 0 Å². The summed E-state index contributed by atoms with van der Waals surface area (Å²) >= 11 is 0. The zero-order valence-electron chi connectivity index (χ0n) is 10.5. The molecule has 2 saturated carbocycles. The van der Waals surface area contributed by atoms with E-state index in [2.05, 4.69) is 19.3 Å². The number of rotatable bonds is 5. The quantitative estimate of drug-likeness (QED) is 0.729. The van der Waals surface area contributed by atoms with Crippen molar-refractivity contribution in [2.24, 2.45) is 17.8 Å². The van der Waals surface area contributed by atoms with E-state index in [1.807, 2.05) is 0 Å². The van der Waals surface area contributed by atoms with Gasteiger partial charge in [0.2, 0.25) is 0 Å². The third-order valence-electron chi connectivity index (χ3n) is 4.56. The molecule has 1 atom stereocenters. The molecule has 0 aromatic rings. The SMILES string of the molecule is CCCC1CCC(C(NC)C2CC2)CC1. The van der Waals surface area contributed by atoms with Crippen LogP contribution in [0, 0.1) is 17.8 Å². The Morgan fingerprint density at radius 2 is 1.53 bits per heavy atom. The summed E-state index contributed by atoms with van der Waals surface area (Å²) in [6.45, 7) is 2.33. The molecule has 2 aliphatic rings. The molecule has 1 N–H and O–H groups in total. The van der Waals surface area contributed by atoms with Gasteiger partial charge in [0, 0.05) is 6.04 Å². The van der Waals surface area contributed by atoms with E-state index in [1.54, 1.807) is 0 Å². The highest BCUT2D eigenvalue weighted by molar-refractivity contribution is 4.91. The molecule has 2 fully saturated rings. The molecular formula is C14H27N. The van der Waals surface area contributed by atoms with E-state index >= 15 is 0 Å². The Morgan fingerprint density at radius 1 is 1.00 bits per heavy atom. The fourth-order valence-corrected chi connectivity index (χ4v) is 3.56. The van der Waals surface area contributed by atoms with Crippen molar-refractivity contribution >= 4 is 0 Å². The van der Waals surface area contributed by atoms with Gasteiger partial charge in [0.15, 0.2) is 0 Å². The third kappa shape index (κ3) is 2.96. The van der Waals surface area contributed by atoms with E-state index in [9.17, 15) is 0 Å². The fraction of sp³-hybridized carbons (Fsp3) is 1.00. The van der Waals surface area contributed by atoms with Gasteiger partial charge in [0.1, 0.15) is 0 Å². The maximum absolute atomic E-state index is 3.58. The zero-order chi connectivity index (χ0) is 10.7. The Labute approximate surface area is 95.0 Å². The van der Waals surface area contributed by atoms with Gasteiger partial charge >= 0.3 is 0 Å². The first-order chi connectivity index (χ1) is 7.35. The summed E-state index contributed by atoms with van der Waals surface area (Å²) in [5.41, 5.74) is 0. The van der Waals surface area contributed by atoms with Crippen LogP contribution in [0.4, 0.5) is 0 Å². The van der Waals surface area contributed by atoms with Crippen LogP contribution < -0.4 is 5.32 Å². The van der Waals surface area contributed by atoms with Crippen LogP contribution in [0.3, 0.4) is 0 Å². The highest BCUT2D eigenvalue weighted by Gasteiger charge is 2.36. The Balaban J connectivity index is 1.76. The number of hydrogen-bond donors (Lipinski definition) is 1. The topological polar surface area (TPSA) is 12.0 Å². The molecule has 0 aliphatic heterocycles. The molecule has 0 radical (unpaired) electrons. The molecule has 1 nitrogen and oxygen atoms in total. The van der Waals surface area contributed by atoms with Crippen molar-refractivity contribution in [3.63, 3.8) is 0 Å². The number of nitrogens with one attached hydrogen (secondary N) is 1. The van der Waals surface area contributed by atoms with Gasteiger partial charge in [-0.05, 0) is 50.5 Å². The highest BCUT2D eigenvalue weighted by atomic mass is 14.9. The van der Waals surface area contributed by atoms with Crippen LogP contribution in [0.25, 0.3) is 0 Å². The van der Waals surface area contributed by atoms with Crippen molar-refractivity contribution in [3.8, 4) is 0 Å². The third-order valence-corrected chi connectivity index (χ3v) is 4.56. The summed E-state index contributed by atoms with van der Waals surface area (Å²) in [6, 6.07) is 0.854. The van der Waals surface area contributed by atoms with Crippen molar-refractivity contribution in [2.75, 3.05) is 7.05 Å². The molecule has 2 rings (SSSR count). The Kier molecular flexibility index (Phi) is 4.07. The van der Waals surface area contributed by atoms with Crippen molar-refractivity contribution in [3.05, 3.63) is 0 Å².